The molecule has 0 spiro atoms. The lowest BCUT2D eigenvalue weighted by Crippen LogP contribution is -2.11. The van der Waals surface area contributed by atoms with Gasteiger partial charge in [0.15, 0.2) is 5.13 Å². The third-order valence-corrected chi connectivity index (χ3v) is 5.03. The zero-order chi connectivity index (χ0) is 18.5. The van der Waals surface area contributed by atoms with Crippen LogP contribution in [-0.4, -0.2) is 16.8 Å². The van der Waals surface area contributed by atoms with Crippen LogP contribution in [0, 0.1) is 5.82 Å². The number of nitrogens with zero attached hydrogens (tertiary/aromatic N) is 1. The van der Waals surface area contributed by atoms with E-state index in [1.807, 2.05) is 16.8 Å². The number of benzene rings is 1. The maximum Gasteiger partial charge on any atom is 0.226 e. The first kappa shape index (κ1) is 18.2. The lowest BCUT2D eigenvalue weighted by molar-refractivity contribution is -0.116. The summed E-state index contributed by atoms with van der Waals surface area (Å²) >= 11 is 2.84. The number of halogens is 1. The molecule has 134 valence electrons. The maximum atomic E-state index is 14.3. The van der Waals surface area contributed by atoms with Crippen molar-refractivity contribution in [1.82, 2.24) is 4.98 Å². The minimum absolute atomic E-state index is 0.126. The van der Waals surface area contributed by atoms with Gasteiger partial charge in [-0.3, -0.25) is 9.59 Å². The Morgan fingerprint density at radius 3 is 2.73 bits per heavy atom. The summed E-state index contributed by atoms with van der Waals surface area (Å²) in [6.45, 7) is 1.36. The molecule has 0 saturated carbocycles. The molecule has 3 rings (SSSR count). The van der Waals surface area contributed by atoms with Crippen molar-refractivity contribution in [2.24, 2.45) is 0 Å². The SMILES string of the molecule is CC(=O)Nc1ccc(-c2csc(NC(=O)CCc3ccsc3)n2)c(F)c1. The van der Waals surface area contributed by atoms with E-state index in [2.05, 4.69) is 15.6 Å². The van der Waals surface area contributed by atoms with Crippen LogP contribution in [0.1, 0.15) is 18.9 Å². The molecule has 0 unspecified atom stereocenters. The predicted octanol–water partition coefficient (Wildman–Crippen LogP) is 4.54. The highest BCUT2D eigenvalue weighted by molar-refractivity contribution is 7.14. The van der Waals surface area contributed by atoms with E-state index in [1.54, 1.807) is 28.8 Å². The van der Waals surface area contributed by atoms with Crippen molar-refractivity contribution in [3.8, 4) is 11.3 Å². The number of thiophene rings is 1. The van der Waals surface area contributed by atoms with Crippen molar-refractivity contribution in [2.75, 3.05) is 10.6 Å². The molecule has 2 amide bonds. The molecule has 0 fully saturated rings. The Balaban J connectivity index is 1.63. The molecule has 0 radical (unpaired) electrons. The Bertz CT molecular complexity index is 922. The summed E-state index contributed by atoms with van der Waals surface area (Å²) < 4.78 is 14.3. The second kappa shape index (κ2) is 8.20. The summed E-state index contributed by atoms with van der Waals surface area (Å²) in [5, 5.41) is 11.4. The molecule has 0 atom stereocenters. The highest BCUT2D eigenvalue weighted by Gasteiger charge is 2.12. The van der Waals surface area contributed by atoms with E-state index in [-0.39, 0.29) is 11.8 Å². The Morgan fingerprint density at radius 2 is 2.04 bits per heavy atom. The Labute approximate surface area is 157 Å². The van der Waals surface area contributed by atoms with Crippen LogP contribution in [0.2, 0.25) is 0 Å². The molecule has 8 heteroatoms. The van der Waals surface area contributed by atoms with E-state index >= 15 is 0 Å². The lowest BCUT2D eigenvalue weighted by atomic mass is 10.1. The standard InChI is InChI=1S/C18H16FN3O2S2/c1-11(23)20-13-3-4-14(15(19)8-13)16-10-26-18(21-16)22-17(24)5-2-12-6-7-25-9-12/h3-4,6-10H,2,5H2,1H3,(H,20,23)(H,21,22,24). The summed E-state index contributed by atoms with van der Waals surface area (Å²) in [7, 11) is 0. The number of thiazole rings is 1. The first-order valence-corrected chi connectivity index (χ1v) is 9.67. The molecular weight excluding hydrogens is 373 g/mol. The van der Waals surface area contributed by atoms with E-state index in [0.29, 0.717) is 34.9 Å². The van der Waals surface area contributed by atoms with E-state index in [9.17, 15) is 14.0 Å². The van der Waals surface area contributed by atoms with Gasteiger partial charge >= 0.3 is 0 Å². The van der Waals surface area contributed by atoms with E-state index < -0.39 is 5.82 Å². The van der Waals surface area contributed by atoms with Crippen molar-refractivity contribution >= 4 is 45.3 Å². The fraction of sp³-hybridized carbons (Fsp3) is 0.167. The summed E-state index contributed by atoms with van der Waals surface area (Å²) in [6, 6.07) is 6.40. The molecule has 0 saturated heterocycles. The van der Waals surface area contributed by atoms with E-state index in [4.69, 9.17) is 0 Å². The molecule has 0 aliphatic rings. The molecule has 2 N–H and O–H groups in total. The van der Waals surface area contributed by atoms with E-state index in [0.717, 1.165) is 5.56 Å². The van der Waals surface area contributed by atoms with Crippen LogP contribution in [0.5, 0.6) is 0 Å². The van der Waals surface area contributed by atoms with Gasteiger partial charge in [0, 0.05) is 30.0 Å². The maximum absolute atomic E-state index is 14.3. The van der Waals surface area contributed by atoms with E-state index in [1.165, 1.54) is 24.3 Å². The topological polar surface area (TPSA) is 71.1 Å². The summed E-state index contributed by atoms with van der Waals surface area (Å²) in [5.41, 5.74) is 2.27. The van der Waals surface area contributed by atoms with Crippen LogP contribution < -0.4 is 10.6 Å². The predicted molar refractivity (Wildman–Crippen MR) is 103 cm³/mol. The average molecular weight is 389 g/mol. The van der Waals surface area contributed by atoms with Gasteiger partial charge in [-0.2, -0.15) is 11.3 Å². The summed E-state index contributed by atoms with van der Waals surface area (Å²) in [5.74, 6) is -0.881. The van der Waals surface area contributed by atoms with Gasteiger partial charge in [-0.05, 0) is 47.0 Å². The minimum Gasteiger partial charge on any atom is -0.326 e. The molecule has 2 heterocycles. The number of aryl methyl sites for hydroxylation is 1. The van der Waals surface area contributed by atoms with Gasteiger partial charge in [0.25, 0.3) is 0 Å². The van der Waals surface area contributed by atoms with Gasteiger partial charge in [0.2, 0.25) is 11.8 Å². The van der Waals surface area contributed by atoms with Gasteiger partial charge < -0.3 is 10.6 Å². The second-order valence-electron chi connectivity index (χ2n) is 5.59. The molecule has 0 aliphatic carbocycles. The van der Waals surface area contributed by atoms with Gasteiger partial charge in [-0.25, -0.2) is 9.37 Å². The van der Waals surface area contributed by atoms with Crippen LogP contribution in [0.25, 0.3) is 11.3 Å². The first-order valence-electron chi connectivity index (χ1n) is 7.85. The zero-order valence-electron chi connectivity index (χ0n) is 13.9. The normalized spacial score (nSPS) is 10.5. The number of hydrogen-bond donors (Lipinski definition) is 2. The Morgan fingerprint density at radius 1 is 1.19 bits per heavy atom. The molecule has 1 aromatic carbocycles. The number of anilines is 2. The minimum atomic E-state index is -0.489. The fourth-order valence-electron chi connectivity index (χ4n) is 2.33. The average Bonchev–Trinajstić information content (AvgIpc) is 3.24. The lowest BCUT2D eigenvalue weighted by Gasteiger charge is -2.05. The molecule has 2 aromatic heterocycles. The monoisotopic (exact) mass is 389 g/mol. The molecule has 0 aliphatic heterocycles. The van der Waals surface area contributed by atoms with Crippen LogP contribution in [0.15, 0.2) is 40.4 Å². The molecule has 0 bridgehead atoms. The van der Waals surface area contributed by atoms with Crippen LogP contribution in [0.3, 0.4) is 0 Å². The molecule has 26 heavy (non-hydrogen) atoms. The zero-order valence-corrected chi connectivity index (χ0v) is 15.5. The number of rotatable bonds is 6. The number of nitrogens with one attached hydrogen (secondary N) is 2. The Hall–Kier alpha value is -2.58. The summed E-state index contributed by atoms with van der Waals surface area (Å²) in [6.07, 6.45) is 1.04. The van der Waals surface area contributed by atoms with Gasteiger partial charge in [0.05, 0.1) is 5.69 Å². The third kappa shape index (κ3) is 4.74. The molecule has 5 nitrogen and oxygen atoms in total. The number of amides is 2. The number of carbonyl (C=O) groups is 2. The van der Waals surface area contributed by atoms with Gasteiger partial charge in [-0.15, -0.1) is 11.3 Å². The highest BCUT2D eigenvalue weighted by atomic mass is 32.1. The van der Waals surface area contributed by atoms with Crippen LogP contribution >= 0.6 is 22.7 Å². The number of hydrogen-bond acceptors (Lipinski definition) is 5. The Kier molecular flexibility index (Phi) is 5.75. The van der Waals surface area contributed by atoms with Gasteiger partial charge in [0.1, 0.15) is 5.82 Å². The second-order valence-corrected chi connectivity index (χ2v) is 7.23. The summed E-state index contributed by atoms with van der Waals surface area (Å²) in [4.78, 5) is 27.3. The third-order valence-electron chi connectivity index (χ3n) is 3.54. The van der Waals surface area contributed by atoms with Crippen LogP contribution in [-0.2, 0) is 16.0 Å². The molecular formula is C18H16FN3O2S2. The first-order chi connectivity index (χ1) is 12.5. The fourth-order valence-corrected chi connectivity index (χ4v) is 3.76. The molecule has 3 aromatic rings. The largest absolute Gasteiger partial charge is 0.326 e. The number of carbonyl (C=O) groups excluding carboxylic acids is 2. The quantitative estimate of drug-likeness (QED) is 0.650. The van der Waals surface area contributed by atoms with Gasteiger partial charge in [-0.1, -0.05) is 0 Å². The number of aromatic nitrogens is 1. The van der Waals surface area contributed by atoms with Crippen molar-refractivity contribution in [1.29, 1.82) is 0 Å². The van der Waals surface area contributed by atoms with Crippen molar-refractivity contribution < 1.29 is 14.0 Å². The van der Waals surface area contributed by atoms with Crippen molar-refractivity contribution in [3.05, 3.63) is 51.8 Å². The van der Waals surface area contributed by atoms with Crippen molar-refractivity contribution in [2.45, 2.75) is 19.8 Å². The van der Waals surface area contributed by atoms with Crippen molar-refractivity contribution in [3.63, 3.8) is 0 Å². The highest BCUT2D eigenvalue weighted by Crippen LogP contribution is 2.28. The smallest absolute Gasteiger partial charge is 0.226 e. The van der Waals surface area contributed by atoms with Crippen LogP contribution in [0.4, 0.5) is 15.2 Å².